The zero-order chi connectivity index (χ0) is 20.3. The van der Waals surface area contributed by atoms with Gasteiger partial charge in [0.1, 0.15) is 17.3 Å². The Morgan fingerprint density at radius 1 is 1.14 bits per heavy atom. The molecule has 0 saturated heterocycles. The fourth-order valence-corrected chi connectivity index (χ4v) is 4.81. The number of nitrogens with zero attached hydrogens (tertiary/aromatic N) is 1. The number of sulfonamides is 1. The first-order chi connectivity index (χ1) is 13.3. The van der Waals surface area contributed by atoms with Gasteiger partial charge in [0.05, 0.1) is 11.4 Å². The van der Waals surface area contributed by atoms with E-state index in [0.717, 1.165) is 17.7 Å². The quantitative estimate of drug-likeness (QED) is 0.780. The predicted octanol–water partition coefficient (Wildman–Crippen LogP) is 4.10. The van der Waals surface area contributed by atoms with Crippen molar-refractivity contribution >= 4 is 33.1 Å². The summed E-state index contributed by atoms with van der Waals surface area (Å²) in [5, 5.41) is 4.67. The number of hydrogen-bond donors (Lipinski definition) is 2. The number of hydrogen-bond acceptors (Lipinski definition) is 3. The van der Waals surface area contributed by atoms with E-state index in [-0.39, 0.29) is 5.75 Å². The molecule has 0 saturated carbocycles. The minimum atomic E-state index is -3.38. The number of benzene rings is 2. The van der Waals surface area contributed by atoms with Gasteiger partial charge in [-0.2, -0.15) is 0 Å². The Bertz CT molecular complexity index is 976. The Kier molecular flexibility index (Phi) is 5.83. The summed E-state index contributed by atoms with van der Waals surface area (Å²) in [6.45, 7) is 2.24. The number of halogens is 2. The molecular weight excluding hydrogens is 388 g/mol. The lowest BCUT2D eigenvalue weighted by molar-refractivity contribution is 0.262. The molecule has 150 valence electrons. The van der Waals surface area contributed by atoms with Crippen LogP contribution in [0.1, 0.15) is 25.3 Å². The number of para-hydroxylation sites is 1. The van der Waals surface area contributed by atoms with Crippen LogP contribution in [0.3, 0.4) is 0 Å². The number of nitrogens with one attached hydrogen (secondary N) is 2. The van der Waals surface area contributed by atoms with Gasteiger partial charge in [-0.25, -0.2) is 22.0 Å². The molecule has 0 aliphatic carbocycles. The summed E-state index contributed by atoms with van der Waals surface area (Å²) in [6, 6.07) is 7.38. The van der Waals surface area contributed by atoms with E-state index >= 15 is 0 Å². The number of rotatable bonds is 5. The molecule has 0 bridgehead atoms. The molecule has 0 aromatic heterocycles. The number of anilines is 3. The predicted molar refractivity (Wildman–Crippen MR) is 105 cm³/mol. The second-order valence-corrected chi connectivity index (χ2v) is 8.52. The van der Waals surface area contributed by atoms with E-state index < -0.39 is 33.4 Å². The summed E-state index contributed by atoms with van der Waals surface area (Å²) in [5.74, 6) is -1.68. The molecule has 1 aliphatic heterocycles. The fraction of sp³-hybridized carbons (Fsp3) is 0.316. The van der Waals surface area contributed by atoms with E-state index in [0.29, 0.717) is 37.2 Å². The molecule has 2 aromatic rings. The number of fused-ring (bicyclic) bond motifs is 1. The largest absolute Gasteiger partial charge is 0.323 e. The van der Waals surface area contributed by atoms with Crippen LogP contribution >= 0.6 is 0 Å². The average molecular weight is 409 g/mol. The van der Waals surface area contributed by atoms with E-state index in [1.54, 1.807) is 18.2 Å². The SMILES string of the molecule is CCCS(=O)(=O)N1CCCc2cc(NC(=O)Nc3c(F)cccc3F)ccc21. The Hall–Kier alpha value is -2.68. The molecule has 6 nitrogen and oxygen atoms in total. The van der Waals surface area contributed by atoms with Crippen LogP contribution in [0.25, 0.3) is 0 Å². The molecule has 3 rings (SSSR count). The molecule has 0 atom stereocenters. The third kappa shape index (κ3) is 4.24. The van der Waals surface area contributed by atoms with Gasteiger partial charge in [-0.3, -0.25) is 4.31 Å². The summed E-state index contributed by atoms with van der Waals surface area (Å²) in [6.07, 6.45) is 1.87. The Balaban J connectivity index is 1.78. The van der Waals surface area contributed by atoms with Crippen molar-refractivity contribution in [2.75, 3.05) is 27.2 Å². The monoisotopic (exact) mass is 409 g/mol. The summed E-state index contributed by atoms with van der Waals surface area (Å²) in [5.41, 5.74) is 1.27. The highest BCUT2D eigenvalue weighted by Crippen LogP contribution is 2.32. The summed E-state index contributed by atoms with van der Waals surface area (Å²) < 4.78 is 53.6. The van der Waals surface area contributed by atoms with Crippen LogP contribution in [0.5, 0.6) is 0 Å². The third-order valence-electron chi connectivity index (χ3n) is 4.41. The smallest absolute Gasteiger partial charge is 0.308 e. The van der Waals surface area contributed by atoms with Gasteiger partial charge in [0.25, 0.3) is 0 Å². The van der Waals surface area contributed by atoms with Gasteiger partial charge >= 0.3 is 6.03 Å². The van der Waals surface area contributed by atoms with Gasteiger partial charge in [0.2, 0.25) is 10.0 Å². The molecule has 0 radical (unpaired) electrons. The molecule has 1 heterocycles. The van der Waals surface area contributed by atoms with Crippen molar-refractivity contribution in [1.82, 2.24) is 0 Å². The summed E-state index contributed by atoms with van der Waals surface area (Å²) in [7, 11) is -3.38. The second-order valence-electron chi connectivity index (χ2n) is 6.51. The van der Waals surface area contributed by atoms with Gasteiger partial charge in [-0.1, -0.05) is 13.0 Å². The second kappa shape index (κ2) is 8.14. The van der Waals surface area contributed by atoms with Crippen LogP contribution in [0.2, 0.25) is 0 Å². The molecule has 0 unspecified atom stereocenters. The van der Waals surface area contributed by atoms with Gasteiger partial charge in [-0.05, 0) is 55.2 Å². The summed E-state index contributed by atoms with van der Waals surface area (Å²) >= 11 is 0. The van der Waals surface area contributed by atoms with Crippen LogP contribution in [0.15, 0.2) is 36.4 Å². The zero-order valence-corrected chi connectivity index (χ0v) is 16.2. The fourth-order valence-electron chi connectivity index (χ4n) is 3.19. The highest BCUT2D eigenvalue weighted by molar-refractivity contribution is 7.92. The number of urea groups is 1. The third-order valence-corrected chi connectivity index (χ3v) is 6.39. The minimum Gasteiger partial charge on any atom is -0.308 e. The maximum absolute atomic E-state index is 13.6. The highest BCUT2D eigenvalue weighted by Gasteiger charge is 2.27. The first-order valence-electron chi connectivity index (χ1n) is 8.97. The maximum atomic E-state index is 13.6. The van der Waals surface area contributed by atoms with E-state index in [1.807, 2.05) is 6.92 Å². The molecule has 2 N–H and O–H groups in total. The number of carbonyl (C=O) groups is 1. The highest BCUT2D eigenvalue weighted by atomic mass is 32.2. The lowest BCUT2D eigenvalue weighted by Gasteiger charge is -2.30. The van der Waals surface area contributed by atoms with Gasteiger partial charge in [0.15, 0.2) is 0 Å². The first-order valence-corrected chi connectivity index (χ1v) is 10.6. The van der Waals surface area contributed by atoms with Crippen LogP contribution < -0.4 is 14.9 Å². The van der Waals surface area contributed by atoms with Crippen molar-refractivity contribution in [3.8, 4) is 0 Å². The Morgan fingerprint density at radius 2 is 1.86 bits per heavy atom. The van der Waals surface area contributed by atoms with Crippen LogP contribution in [-0.4, -0.2) is 26.7 Å². The molecule has 9 heteroatoms. The molecule has 0 spiro atoms. The van der Waals surface area contributed by atoms with E-state index in [2.05, 4.69) is 10.6 Å². The molecule has 0 fully saturated rings. The summed E-state index contributed by atoms with van der Waals surface area (Å²) in [4.78, 5) is 12.1. The van der Waals surface area contributed by atoms with Crippen LogP contribution in [0.4, 0.5) is 30.6 Å². The lowest BCUT2D eigenvalue weighted by atomic mass is 10.0. The number of aryl methyl sites for hydroxylation is 1. The topological polar surface area (TPSA) is 78.5 Å². The van der Waals surface area contributed by atoms with Crippen molar-refractivity contribution in [2.24, 2.45) is 0 Å². The van der Waals surface area contributed by atoms with Crippen LogP contribution in [0, 0.1) is 11.6 Å². The Morgan fingerprint density at radius 3 is 2.54 bits per heavy atom. The van der Waals surface area contributed by atoms with Crippen molar-refractivity contribution in [1.29, 1.82) is 0 Å². The molecule has 2 amide bonds. The van der Waals surface area contributed by atoms with Gasteiger partial charge < -0.3 is 10.6 Å². The zero-order valence-electron chi connectivity index (χ0n) is 15.3. The number of carbonyl (C=O) groups excluding carboxylic acids is 1. The molecule has 2 aromatic carbocycles. The normalized spacial score (nSPS) is 13.8. The standard InChI is InChI=1S/C19H21F2N3O3S/c1-2-11-28(26,27)24-10-4-5-13-12-14(8-9-17(13)24)22-19(25)23-18-15(20)6-3-7-16(18)21/h3,6-9,12H,2,4-5,10-11H2,1H3,(H2,22,23,25). The van der Waals surface area contributed by atoms with E-state index in [9.17, 15) is 22.0 Å². The maximum Gasteiger partial charge on any atom is 0.323 e. The van der Waals surface area contributed by atoms with E-state index in [4.69, 9.17) is 0 Å². The minimum absolute atomic E-state index is 0.0725. The van der Waals surface area contributed by atoms with Gasteiger partial charge in [0, 0.05) is 12.2 Å². The van der Waals surface area contributed by atoms with Crippen molar-refractivity contribution in [3.05, 3.63) is 53.6 Å². The average Bonchev–Trinajstić information content (AvgIpc) is 2.64. The van der Waals surface area contributed by atoms with Crippen molar-refractivity contribution in [2.45, 2.75) is 26.2 Å². The van der Waals surface area contributed by atoms with Crippen LogP contribution in [-0.2, 0) is 16.4 Å². The van der Waals surface area contributed by atoms with E-state index in [1.165, 1.54) is 10.4 Å². The van der Waals surface area contributed by atoms with Gasteiger partial charge in [-0.15, -0.1) is 0 Å². The molecule has 1 aliphatic rings. The van der Waals surface area contributed by atoms with Crippen molar-refractivity contribution in [3.63, 3.8) is 0 Å². The first kappa shape index (κ1) is 20.1. The lowest BCUT2D eigenvalue weighted by Crippen LogP contribution is -2.37. The molecule has 28 heavy (non-hydrogen) atoms. The Labute approximate surface area is 162 Å². The van der Waals surface area contributed by atoms with Crippen molar-refractivity contribution < 1.29 is 22.0 Å². The number of amides is 2. The molecular formula is C19H21F2N3O3S.